The molecule has 0 amide bonds. The minimum Gasteiger partial charge on any atom is -0.381 e. The van der Waals surface area contributed by atoms with Crippen molar-refractivity contribution in [1.29, 1.82) is 0 Å². The fourth-order valence-electron chi connectivity index (χ4n) is 4.62. The van der Waals surface area contributed by atoms with E-state index in [2.05, 4.69) is 19.9 Å². The molecule has 1 aliphatic carbocycles. The van der Waals surface area contributed by atoms with Crippen LogP contribution < -0.4 is 22.0 Å². The number of nitrogens with zero attached hydrogens (tertiary/aromatic N) is 4. The van der Waals surface area contributed by atoms with Crippen molar-refractivity contribution >= 4 is 36.8 Å². The van der Waals surface area contributed by atoms with Crippen molar-refractivity contribution in [2.24, 2.45) is 11.1 Å². The standard InChI is InChI=1S/C19H24BF3N6S/c20-14-16(29-9-6-18(7-10-29)5-1-4-12(18)24)28-15(25)17(27-14)30-11-3-2-8-26-13(11)19(21,22)23/h2-3,8,12H,1,4-7,9-10,20,24H2,(H2,25,28). The molecule has 2 aromatic heterocycles. The Hall–Kier alpha value is -2.01. The summed E-state index contributed by atoms with van der Waals surface area (Å²) in [6.45, 7) is 1.66. The largest absolute Gasteiger partial charge is 0.434 e. The second kappa shape index (κ2) is 7.92. The van der Waals surface area contributed by atoms with E-state index in [0.29, 0.717) is 11.4 Å². The minimum absolute atomic E-state index is 0.0479. The predicted molar refractivity (Wildman–Crippen MR) is 114 cm³/mol. The van der Waals surface area contributed by atoms with Gasteiger partial charge in [0.05, 0.1) is 0 Å². The van der Waals surface area contributed by atoms with E-state index in [9.17, 15) is 13.2 Å². The highest BCUT2D eigenvalue weighted by atomic mass is 32.2. The Morgan fingerprint density at radius 3 is 2.57 bits per heavy atom. The molecule has 1 saturated heterocycles. The van der Waals surface area contributed by atoms with Crippen LogP contribution in [0, 0.1) is 5.41 Å². The van der Waals surface area contributed by atoms with Gasteiger partial charge in [-0.05, 0) is 43.2 Å². The average Bonchev–Trinajstić information content (AvgIpc) is 3.05. The number of nitrogen functional groups attached to an aromatic ring is 1. The molecule has 0 aromatic carbocycles. The molecular weight excluding hydrogens is 412 g/mol. The molecule has 1 aliphatic heterocycles. The van der Waals surface area contributed by atoms with Crippen LogP contribution in [0.2, 0.25) is 0 Å². The SMILES string of the molecule is Bc1nc(Sc2cccnc2C(F)(F)F)c(N)nc1N1CCC2(CCCC2N)CC1. The van der Waals surface area contributed by atoms with Gasteiger partial charge < -0.3 is 16.4 Å². The van der Waals surface area contributed by atoms with Gasteiger partial charge in [0.1, 0.15) is 10.8 Å². The van der Waals surface area contributed by atoms with Crippen molar-refractivity contribution in [3.8, 4) is 0 Å². The van der Waals surface area contributed by atoms with Gasteiger partial charge in [-0.2, -0.15) is 13.2 Å². The molecular formula is C19H24BF3N6S. The van der Waals surface area contributed by atoms with Crippen molar-refractivity contribution < 1.29 is 13.2 Å². The van der Waals surface area contributed by atoms with E-state index in [-0.39, 0.29) is 27.2 Å². The van der Waals surface area contributed by atoms with Crippen LogP contribution in [0.4, 0.5) is 24.8 Å². The van der Waals surface area contributed by atoms with Crippen LogP contribution in [0.3, 0.4) is 0 Å². The van der Waals surface area contributed by atoms with Crippen molar-refractivity contribution in [3.05, 3.63) is 24.0 Å². The zero-order chi connectivity index (χ0) is 21.5. The Balaban J connectivity index is 1.54. The second-order valence-electron chi connectivity index (χ2n) is 8.12. The monoisotopic (exact) mass is 436 g/mol. The summed E-state index contributed by atoms with van der Waals surface area (Å²) in [5.41, 5.74) is 12.4. The lowest BCUT2D eigenvalue weighted by atomic mass is 9.74. The van der Waals surface area contributed by atoms with Crippen LogP contribution in [0.5, 0.6) is 0 Å². The fourth-order valence-corrected chi connectivity index (χ4v) is 5.57. The predicted octanol–water partition coefficient (Wildman–Crippen LogP) is 1.98. The lowest BCUT2D eigenvalue weighted by molar-refractivity contribution is -0.143. The Bertz CT molecular complexity index is 933. The van der Waals surface area contributed by atoms with Crippen LogP contribution in [-0.4, -0.2) is 41.9 Å². The number of aromatic nitrogens is 3. The van der Waals surface area contributed by atoms with Crippen LogP contribution in [0.15, 0.2) is 28.3 Å². The van der Waals surface area contributed by atoms with Gasteiger partial charge in [-0.25, -0.2) is 9.97 Å². The van der Waals surface area contributed by atoms with Crippen LogP contribution in [-0.2, 0) is 6.18 Å². The van der Waals surface area contributed by atoms with Crippen molar-refractivity contribution in [2.45, 2.75) is 54.2 Å². The Morgan fingerprint density at radius 1 is 1.20 bits per heavy atom. The number of rotatable bonds is 3. The van der Waals surface area contributed by atoms with E-state index in [1.807, 2.05) is 7.85 Å². The molecule has 0 bridgehead atoms. The van der Waals surface area contributed by atoms with Gasteiger partial charge in [0.25, 0.3) is 0 Å². The van der Waals surface area contributed by atoms with E-state index in [1.165, 1.54) is 25.0 Å². The molecule has 0 radical (unpaired) electrons. The first-order valence-electron chi connectivity index (χ1n) is 10.0. The third-order valence-corrected chi connectivity index (χ3v) is 7.36. The zero-order valence-corrected chi connectivity index (χ0v) is 17.6. The van der Waals surface area contributed by atoms with Crippen LogP contribution in [0.1, 0.15) is 37.8 Å². The van der Waals surface area contributed by atoms with Crippen molar-refractivity contribution in [1.82, 2.24) is 15.0 Å². The average molecular weight is 436 g/mol. The number of alkyl halides is 3. The first-order chi connectivity index (χ1) is 14.2. The minimum atomic E-state index is -4.55. The normalized spacial score (nSPS) is 21.3. The molecule has 2 aliphatic rings. The van der Waals surface area contributed by atoms with Gasteiger partial charge in [0.15, 0.2) is 19.4 Å². The van der Waals surface area contributed by atoms with Gasteiger partial charge >= 0.3 is 6.18 Å². The van der Waals surface area contributed by atoms with Gasteiger partial charge in [0, 0.05) is 35.8 Å². The highest BCUT2D eigenvalue weighted by Crippen LogP contribution is 2.46. The summed E-state index contributed by atoms with van der Waals surface area (Å²) in [6, 6.07) is 3.08. The lowest BCUT2D eigenvalue weighted by Crippen LogP contribution is -2.48. The van der Waals surface area contributed by atoms with E-state index in [0.717, 1.165) is 50.3 Å². The molecule has 160 valence electrons. The Labute approximate surface area is 178 Å². The number of anilines is 2. The van der Waals surface area contributed by atoms with E-state index >= 15 is 0 Å². The number of piperidine rings is 1. The van der Waals surface area contributed by atoms with Gasteiger partial charge in [-0.15, -0.1) is 0 Å². The molecule has 6 nitrogen and oxygen atoms in total. The first kappa shape index (κ1) is 21.2. The maximum atomic E-state index is 13.2. The van der Waals surface area contributed by atoms with Gasteiger partial charge in [0.2, 0.25) is 0 Å². The highest BCUT2D eigenvalue weighted by molar-refractivity contribution is 7.99. The van der Waals surface area contributed by atoms with E-state index < -0.39 is 11.9 Å². The summed E-state index contributed by atoms with van der Waals surface area (Å²) in [7, 11) is 1.81. The van der Waals surface area contributed by atoms with Crippen molar-refractivity contribution in [3.63, 3.8) is 0 Å². The summed E-state index contributed by atoms with van der Waals surface area (Å²) in [5.74, 6) is 0.816. The lowest BCUT2D eigenvalue weighted by Gasteiger charge is -2.42. The quantitative estimate of drug-likeness (QED) is 0.711. The molecule has 11 heteroatoms. The van der Waals surface area contributed by atoms with Crippen molar-refractivity contribution in [2.75, 3.05) is 23.7 Å². The molecule has 30 heavy (non-hydrogen) atoms. The van der Waals surface area contributed by atoms with Crippen LogP contribution >= 0.6 is 11.8 Å². The molecule has 1 saturated carbocycles. The third-order valence-electron chi connectivity index (χ3n) is 6.32. The van der Waals surface area contributed by atoms with Gasteiger partial charge in [-0.3, -0.25) is 4.98 Å². The summed E-state index contributed by atoms with van der Waals surface area (Å²) in [6.07, 6.45) is 2.05. The number of hydrogen-bond acceptors (Lipinski definition) is 7. The third kappa shape index (κ3) is 3.97. The summed E-state index contributed by atoms with van der Waals surface area (Å²) in [5, 5.41) is 0.251. The molecule has 4 N–H and O–H groups in total. The van der Waals surface area contributed by atoms with Gasteiger partial charge in [-0.1, -0.05) is 18.2 Å². The summed E-state index contributed by atoms with van der Waals surface area (Å²) >= 11 is 0.837. The molecule has 4 rings (SSSR count). The fraction of sp³-hybridized carbons (Fsp3) is 0.526. The number of pyridine rings is 1. The number of halogens is 3. The summed E-state index contributed by atoms with van der Waals surface area (Å²) in [4.78, 5) is 14.6. The zero-order valence-electron chi connectivity index (χ0n) is 16.7. The van der Waals surface area contributed by atoms with Crippen LogP contribution in [0.25, 0.3) is 0 Å². The number of hydrogen-bond donors (Lipinski definition) is 2. The maximum absolute atomic E-state index is 13.2. The Kier molecular flexibility index (Phi) is 5.61. The molecule has 1 atom stereocenters. The smallest absolute Gasteiger partial charge is 0.381 e. The van der Waals surface area contributed by atoms with E-state index in [4.69, 9.17) is 11.5 Å². The molecule has 3 heterocycles. The molecule has 1 spiro atoms. The highest BCUT2D eigenvalue weighted by Gasteiger charge is 2.43. The Morgan fingerprint density at radius 2 is 1.93 bits per heavy atom. The summed E-state index contributed by atoms with van der Waals surface area (Å²) < 4.78 is 39.7. The molecule has 2 fully saturated rings. The molecule has 1 unspecified atom stereocenters. The maximum Gasteiger partial charge on any atom is 0.434 e. The number of nitrogens with two attached hydrogens (primary N) is 2. The topological polar surface area (TPSA) is 93.9 Å². The first-order valence-corrected chi connectivity index (χ1v) is 10.9. The molecule has 2 aromatic rings. The van der Waals surface area contributed by atoms with E-state index in [1.54, 1.807) is 0 Å². The second-order valence-corrected chi connectivity index (χ2v) is 9.15.